The maximum absolute atomic E-state index is 10.9. The minimum absolute atomic E-state index is 0.150. The number of carbonyl (C=O) groups is 1. The van der Waals surface area contributed by atoms with E-state index in [1.807, 2.05) is 19.1 Å². The molecule has 0 saturated heterocycles. The molecule has 0 spiro atoms. The third-order valence-corrected chi connectivity index (χ3v) is 4.20. The van der Waals surface area contributed by atoms with Crippen molar-refractivity contribution in [3.63, 3.8) is 0 Å². The third-order valence-electron chi connectivity index (χ3n) is 3.98. The maximum Gasteiger partial charge on any atom is 0.303 e. The summed E-state index contributed by atoms with van der Waals surface area (Å²) in [5.41, 5.74) is 5.55. The Bertz CT molecular complexity index is 709. The van der Waals surface area contributed by atoms with Gasteiger partial charge in [-0.2, -0.15) is 0 Å². The van der Waals surface area contributed by atoms with E-state index < -0.39 is 5.97 Å². The fourth-order valence-electron chi connectivity index (χ4n) is 3.11. The van der Waals surface area contributed by atoms with Crippen molar-refractivity contribution in [2.45, 2.75) is 39.0 Å². The lowest BCUT2D eigenvalue weighted by atomic mass is 9.96. The van der Waals surface area contributed by atoms with Crippen LogP contribution in [0.2, 0.25) is 5.02 Å². The largest absolute Gasteiger partial charge is 0.481 e. The molecule has 0 radical (unpaired) electrons. The van der Waals surface area contributed by atoms with Crippen molar-refractivity contribution in [3.8, 4) is 0 Å². The molecule has 0 amide bonds. The van der Waals surface area contributed by atoms with Crippen LogP contribution >= 0.6 is 11.6 Å². The monoisotopic (exact) mass is 289 g/mol. The molecule has 0 aliphatic heterocycles. The fourth-order valence-corrected chi connectivity index (χ4v) is 3.38. The quantitative estimate of drug-likeness (QED) is 0.937. The SMILES string of the molecule is Cc1cc(Cl)cc2c(CCC(=O)O)c3c(nc12)CCC3. The van der Waals surface area contributed by atoms with Crippen LogP contribution in [0.25, 0.3) is 10.9 Å². The molecule has 0 fully saturated rings. The second-order valence-electron chi connectivity index (χ2n) is 5.38. The molecule has 20 heavy (non-hydrogen) atoms. The van der Waals surface area contributed by atoms with Crippen molar-refractivity contribution in [1.29, 1.82) is 0 Å². The van der Waals surface area contributed by atoms with Gasteiger partial charge in [-0.3, -0.25) is 9.78 Å². The smallest absolute Gasteiger partial charge is 0.303 e. The number of rotatable bonds is 3. The van der Waals surface area contributed by atoms with E-state index in [0.717, 1.165) is 47.0 Å². The number of aryl methyl sites for hydroxylation is 3. The molecular weight excluding hydrogens is 274 g/mol. The Balaban J connectivity index is 2.25. The first kappa shape index (κ1) is 13.4. The number of benzene rings is 1. The molecule has 3 nitrogen and oxygen atoms in total. The first-order valence-electron chi connectivity index (χ1n) is 6.88. The number of fused-ring (bicyclic) bond motifs is 2. The normalized spacial score (nSPS) is 13.7. The third kappa shape index (κ3) is 2.27. The van der Waals surface area contributed by atoms with Crippen molar-refractivity contribution in [2.75, 3.05) is 0 Å². The summed E-state index contributed by atoms with van der Waals surface area (Å²) in [6, 6.07) is 3.84. The number of halogens is 1. The average molecular weight is 290 g/mol. The summed E-state index contributed by atoms with van der Waals surface area (Å²) in [5, 5.41) is 10.7. The number of hydrogen-bond donors (Lipinski definition) is 1. The highest BCUT2D eigenvalue weighted by Crippen LogP contribution is 2.33. The molecule has 1 N–H and O–H groups in total. The standard InChI is InChI=1S/C16H16ClNO2/c1-9-7-10(17)8-13-11(5-6-15(19)20)12-3-2-4-14(12)18-16(9)13/h7-8H,2-6H2,1H3,(H,19,20). The number of pyridine rings is 1. The average Bonchev–Trinajstić information content (AvgIpc) is 2.83. The molecule has 1 aliphatic carbocycles. The Morgan fingerprint density at radius 3 is 2.95 bits per heavy atom. The van der Waals surface area contributed by atoms with E-state index in [-0.39, 0.29) is 6.42 Å². The van der Waals surface area contributed by atoms with E-state index in [0.29, 0.717) is 11.4 Å². The Kier molecular flexibility index (Phi) is 3.38. The molecule has 1 aromatic heterocycles. The zero-order valence-corrected chi connectivity index (χ0v) is 12.1. The van der Waals surface area contributed by atoms with Crippen molar-refractivity contribution < 1.29 is 9.90 Å². The van der Waals surface area contributed by atoms with E-state index >= 15 is 0 Å². The molecule has 104 valence electrons. The molecule has 2 aromatic rings. The molecule has 1 heterocycles. The molecule has 3 rings (SSSR count). The predicted molar refractivity (Wildman–Crippen MR) is 79.5 cm³/mol. The summed E-state index contributed by atoms with van der Waals surface area (Å²) in [6.45, 7) is 2.00. The minimum atomic E-state index is -0.763. The maximum atomic E-state index is 10.9. The summed E-state index contributed by atoms with van der Waals surface area (Å²) in [5.74, 6) is -0.763. The Labute approximate surface area is 122 Å². The Hall–Kier alpha value is -1.61. The number of carboxylic acids is 1. The summed E-state index contributed by atoms with van der Waals surface area (Å²) >= 11 is 6.17. The van der Waals surface area contributed by atoms with Crippen LogP contribution in [0, 0.1) is 6.92 Å². The highest BCUT2D eigenvalue weighted by Gasteiger charge is 2.20. The molecule has 1 aliphatic rings. The van der Waals surface area contributed by atoms with Gasteiger partial charge in [0, 0.05) is 22.5 Å². The van der Waals surface area contributed by atoms with Gasteiger partial charge in [0.05, 0.1) is 5.52 Å². The van der Waals surface area contributed by atoms with Gasteiger partial charge in [0.2, 0.25) is 0 Å². The summed E-state index contributed by atoms with van der Waals surface area (Å²) in [4.78, 5) is 15.7. The van der Waals surface area contributed by atoms with Crippen LogP contribution in [0.5, 0.6) is 0 Å². The van der Waals surface area contributed by atoms with Gasteiger partial charge in [-0.05, 0) is 61.4 Å². The number of aromatic nitrogens is 1. The van der Waals surface area contributed by atoms with E-state index in [1.54, 1.807) is 0 Å². The van der Waals surface area contributed by atoms with Crippen LogP contribution < -0.4 is 0 Å². The molecule has 0 unspecified atom stereocenters. The lowest BCUT2D eigenvalue weighted by Crippen LogP contribution is -2.04. The lowest BCUT2D eigenvalue weighted by Gasteiger charge is -2.13. The van der Waals surface area contributed by atoms with Gasteiger partial charge >= 0.3 is 5.97 Å². The van der Waals surface area contributed by atoms with Crippen LogP contribution in [0.3, 0.4) is 0 Å². The van der Waals surface area contributed by atoms with Crippen molar-refractivity contribution in [3.05, 3.63) is 39.5 Å². The van der Waals surface area contributed by atoms with Crippen molar-refractivity contribution in [2.24, 2.45) is 0 Å². The summed E-state index contributed by atoms with van der Waals surface area (Å²) in [6.07, 6.45) is 3.80. The molecule has 0 saturated carbocycles. The van der Waals surface area contributed by atoms with Crippen molar-refractivity contribution >= 4 is 28.5 Å². The first-order valence-corrected chi connectivity index (χ1v) is 7.26. The summed E-state index contributed by atoms with van der Waals surface area (Å²) in [7, 11) is 0. The van der Waals surface area contributed by atoms with E-state index in [4.69, 9.17) is 21.7 Å². The Morgan fingerprint density at radius 2 is 2.20 bits per heavy atom. The van der Waals surface area contributed by atoms with Crippen LogP contribution in [0.4, 0.5) is 0 Å². The van der Waals surface area contributed by atoms with Gasteiger partial charge < -0.3 is 5.11 Å². The van der Waals surface area contributed by atoms with Gasteiger partial charge in [-0.15, -0.1) is 0 Å². The zero-order valence-electron chi connectivity index (χ0n) is 11.4. The fraction of sp³-hybridized carbons (Fsp3) is 0.375. The second-order valence-corrected chi connectivity index (χ2v) is 5.82. The van der Waals surface area contributed by atoms with Crippen molar-refractivity contribution in [1.82, 2.24) is 4.98 Å². The van der Waals surface area contributed by atoms with Gasteiger partial charge in [-0.1, -0.05) is 11.6 Å². The van der Waals surface area contributed by atoms with Crippen LogP contribution in [0.15, 0.2) is 12.1 Å². The first-order chi connectivity index (χ1) is 9.56. The minimum Gasteiger partial charge on any atom is -0.481 e. The second kappa shape index (κ2) is 5.06. The van der Waals surface area contributed by atoms with Crippen LogP contribution in [-0.4, -0.2) is 16.1 Å². The van der Waals surface area contributed by atoms with Gasteiger partial charge in [0.15, 0.2) is 0 Å². The Morgan fingerprint density at radius 1 is 1.40 bits per heavy atom. The number of hydrogen-bond acceptors (Lipinski definition) is 2. The highest BCUT2D eigenvalue weighted by atomic mass is 35.5. The van der Waals surface area contributed by atoms with E-state index in [2.05, 4.69) is 0 Å². The molecule has 0 atom stereocenters. The number of aliphatic carboxylic acids is 1. The molecular formula is C16H16ClNO2. The van der Waals surface area contributed by atoms with Crippen LogP contribution in [0.1, 0.15) is 35.2 Å². The van der Waals surface area contributed by atoms with E-state index in [1.165, 1.54) is 5.56 Å². The molecule has 0 bridgehead atoms. The lowest BCUT2D eigenvalue weighted by molar-refractivity contribution is -0.136. The van der Waals surface area contributed by atoms with E-state index in [9.17, 15) is 4.79 Å². The van der Waals surface area contributed by atoms with Gasteiger partial charge in [0.1, 0.15) is 0 Å². The highest BCUT2D eigenvalue weighted by molar-refractivity contribution is 6.31. The summed E-state index contributed by atoms with van der Waals surface area (Å²) < 4.78 is 0. The topological polar surface area (TPSA) is 50.2 Å². The van der Waals surface area contributed by atoms with Gasteiger partial charge in [0.25, 0.3) is 0 Å². The van der Waals surface area contributed by atoms with Crippen LogP contribution in [-0.2, 0) is 24.1 Å². The molecule has 4 heteroatoms. The number of nitrogens with zero attached hydrogens (tertiary/aromatic N) is 1. The van der Waals surface area contributed by atoms with Gasteiger partial charge in [-0.25, -0.2) is 0 Å². The zero-order chi connectivity index (χ0) is 14.3. The predicted octanol–water partition coefficient (Wildman–Crippen LogP) is 3.70. The molecule has 1 aromatic carbocycles. The number of carboxylic acid groups (broad SMARTS) is 1.